The lowest BCUT2D eigenvalue weighted by Gasteiger charge is -2.31. The minimum absolute atomic E-state index is 0. The van der Waals surface area contributed by atoms with Gasteiger partial charge in [0.25, 0.3) is 0 Å². The van der Waals surface area contributed by atoms with E-state index in [1.165, 1.54) is 10.6 Å². The lowest BCUT2D eigenvalue weighted by atomic mass is 10.2. The van der Waals surface area contributed by atoms with Crippen LogP contribution in [0.1, 0.15) is 0 Å². The van der Waals surface area contributed by atoms with E-state index in [1.807, 2.05) is 18.2 Å². The van der Waals surface area contributed by atoms with Gasteiger partial charge in [-0.1, -0.05) is 53.2 Å². The Morgan fingerprint density at radius 2 is 1.59 bits per heavy atom. The molecule has 0 radical (unpaired) electrons. The molecule has 6 heteroatoms. The number of benzene rings is 2. The summed E-state index contributed by atoms with van der Waals surface area (Å²) in [6, 6.07) is 14.2. The second-order valence-electron chi connectivity index (χ2n) is 4.86. The number of hydrogen-bond acceptors (Lipinski definition) is 3. The van der Waals surface area contributed by atoms with E-state index in [4.69, 9.17) is 23.2 Å². The standard InChI is InChI=1S/C16H16Cl2N2S.ClH/c17-12-4-3-7-15(16(12)18)21-14-6-2-1-5-13(14)20-10-8-19-9-11-20;/h1-7,19H,8-11H2;1H. The minimum Gasteiger partial charge on any atom is -0.368 e. The third-order valence-electron chi connectivity index (χ3n) is 3.46. The zero-order valence-corrected chi connectivity index (χ0v) is 15.0. The molecule has 2 aromatic rings. The van der Waals surface area contributed by atoms with Crippen LogP contribution < -0.4 is 10.2 Å². The fraction of sp³-hybridized carbons (Fsp3) is 0.250. The van der Waals surface area contributed by atoms with Gasteiger partial charge >= 0.3 is 0 Å². The molecule has 1 aliphatic rings. The zero-order chi connectivity index (χ0) is 14.7. The molecule has 1 aliphatic heterocycles. The van der Waals surface area contributed by atoms with Crippen molar-refractivity contribution in [2.45, 2.75) is 9.79 Å². The fourth-order valence-corrected chi connectivity index (χ4v) is 3.90. The van der Waals surface area contributed by atoms with Gasteiger partial charge in [0.1, 0.15) is 0 Å². The smallest absolute Gasteiger partial charge is 0.0731 e. The highest BCUT2D eigenvalue weighted by Gasteiger charge is 2.15. The molecule has 118 valence electrons. The van der Waals surface area contributed by atoms with E-state index in [-0.39, 0.29) is 12.4 Å². The number of hydrogen-bond donors (Lipinski definition) is 1. The van der Waals surface area contributed by atoms with E-state index in [1.54, 1.807) is 11.8 Å². The zero-order valence-electron chi connectivity index (χ0n) is 11.9. The van der Waals surface area contributed by atoms with E-state index >= 15 is 0 Å². The Bertz CT molecular complexity index is 631. The third kappa shape index (κ3) is 4.03. The molecule has 1 saturated heterocycles. The molecule has 2 nitrogen and oxygen atoms in total. The lowest BCUT2D eigenvalue weighted by Crippen LogP contribution is -2.43. The Morgan fingerprint density at radius 1 is 0.909 bits per heavy atom. The number of nitrogens with zero attached hydrogens (tertiary/aromatic N) is 1. The van der Waals surface area contributed by atoms with Crippen molar-refractivity contribution in [3.8, 4) is 0 Å². The van der Waals surface area contributed by atoms with Gasteiger partial charge in [-0.3, -0.25) is 0 Å². The maximum Gasteiger partial charge on any atom is 0.0731 e. The first-order chi connectivity index (χ1) is 10.3. The Balaban J connectivity index is 0.00000176. The molecular formula is C16H17Cl3N2S. The van der Waals surface area contributed by atoms with Crippen LogP contribution in [-0.4, -0.2) is 26.2 Å². The number of rotatable bonds is 3. The van der Waals surface area contributed by atoms with Gasteiger partial charge in [-0.2, -0.15) is 0 Å². The maximum atomic E-state index is 6.30. The van der Waals surface area contributed by atoms with Crippen LogP contribution in [0.4, 0.5) is 5.69 Å². The molecule has 0 amide bonds. The van der Waals surface area contributed by atoms with Crippen LogP contribution in [0.3, 0.4) is 0 Å². The summed E-state index contributed by atoms with van der Waals surface area (Å²) in [6.45, 7) is 4.11. The molecule has 0 aliphatic carbocycles. The van der Waals surface area contributed by atoms with Crippen molar-refractivity contribution in [2.24, 2.45) is 0 Å². The summed E-state index contributed by atoms with van der Waals surface area (Å²) in [5.74, 6) is 0. The number of anilines is 1. The monoisotopic (exact) mass is 374 g/mol. The van der Waals surface area contributed by atoms with Crippen molar-refractivity contribution in [3.05, 3.63) is 52.5 Å². The summed E-state index contributed by atoms with van der Waals surface area (Å²) in [7, 11) is 0. The number of para-hydroxylation sites is 1. The number of piperazine rings is 1. The van der Waals surface area contributed by atoms with Crippen LogP contribution in [0.25, 0.3) is 0 Å². The molecule has 0 saturated carbocycles. The SMILES string of the molecule is Cl.Clc1cccc(Sc2ccccc2N2CCNCC2)c1Cl. The van der Waals surface area contributed by atoms with Gasteiger partial charge in [0, 0.05) is 36.0 Å². The molecule has 3 rings (SSSR count). The summed E-state index contributed by atoms with van der Waals surface area (Å²) in [5.41, 5.74) is 1.26. The highest BCUT2D eigenvalue weighted by Crippen LogP contribution is 2.40. The Kier molecular flexibility index (Phi) is 6.72. The maximum absolute atomic E-state index is 6.30. The minimum atomic E-state index is 0. The van der Waals surface area contributed by atoms with Crippen LogP contribution >= 0.6 is 47.4 Å². The van der Waals surface area contributed by atoms with Crippen LogP contribution in [0.15, 0.2) is 52.3 Å². The van der Waals surface area contributed by atoms with Crippen molar-refractivity contribution in [1.29, 1.82) is 0 Å². The van der Waals surface area contributed by atoms with E-state index in [9.17, 15) is 0 Å². The molecule has 0 atom stereocenters. The molecule has 0 aromatic heterocycles. The average Bonchev–Trinajstić information content (AvgIpc) is 2.53. The van der Waals surface area contributed by atoms with E-state index in [2.05, 4.69) is 34.5 Å². The van der Waals surface area contributed by atoms with Gasteiger partial charge in [0.15, 0.2) is 0 Å². The summed E-state index contributed by atoms with van der Waals surface area (Å²) < 4.78 is 0. The Hall–Kier alpha value is -0.580. The van der Waals surface area contributed by atoms with Crippen molar-refractivity contribution in [2.75, 3.05) is 31.1 Å². The Morgan fingerprint density at radius 3 is 2.36 bits per heavy atom. The van der Waals surface area contributed by atoms with E-state index < -0.39 is 0 Å². The van der Waals surface area contributed by atoms with Crippen molar-refractivity contribution >= 4 is 53.1 Å². The molecular weight excluding hydrogens is 359 g/mol. The van der Waals surface area contributed by atoms with Gasteiger partial charge < -0.3 is 10.2 Å². The van der Waals surface area contributed by atoms with Crippen LogP contribution in [-0.2, 0) is 0 Å². The second kappa shape index (κ2) is 8.32. The number of nitrogens with one attached hydrogen (secondary N) is 1. The van der Waals surface area contributed by atoms with Gasteiger partial charge in [0.2, 0.25) is 0 Å². The second-order valence-corrected chi connectivity index (χ2v) is 6.73. The predicted molar refractivity (Wildman–Crippen MR) is 99.4 cm³/mol. The van der Waals surface area contributed by atoms with Crippen LogP contribution in [0.2, 0.25) is 10.0 Å². The molecule has 22 heavy (non-hydrogen) atoms. The summed E-state index contributed by atoms with van der Waals surface area (Å²) in [4.78, 5) is 4.62. The summed E-state index contributed by atoms with van der Waals surface area (Å²) >= 11 is 14.1. The summed E-state index contributed by atoms with van der Waals surface area (Å²) in [5, 5.41) is 4.61. The van der Waals surface area contributed by atoms with Gasteiger partial charge in [0.05, 0.1) is 15.7 Å². The van der Waals surface area contributed by atoms with Crippen molar-refractivity contribution in [3.63, 3.8) is 0 Å². The highest BCUT2D eigenvalue weighted by atomic mass is 35.5. The van der Waals surface area contributed by atoms with E-state index in [0.717, 1.165) is 31.1 Å². The molecule has 1 fully saturated rings. The molecule has 0 unspecified atom stereocenters. The van der Waals surface area contributed by atoms with Crippen molar-refractivity contribution < 1.29 is 0 Å². The van der Waals surface area contributed by atoms with Gasteiger partial charge in [-0.15, -0.1) is 12.4 Å². The molecule has 0 bridgehead atoms. The van der Waals surface area contributed by atoms with Crippen LogP contribution in [0.5, 0.6) is 0 Å². The third-order valence-corrected chi connectivity index (χ3v) is 5.52. The molecule has 1 heterocycles. The Labute approximate surface area is 151 Å². The molecule has 0 spiro atoms. The molecule has 1 N–H and O–H groups in total. The van der Waals surface area contributed by atoms with Crippen LogP contribution in [0, 0.1) is 0 Å². The normalized spacial score (nSPS) is 14.5. The van der Waals surface area contributed by atoms with Gasteiger partial charge in [-0.05, 0) is 24.3 Å². The average molecular weight is 376 g/mol. The van der Waals surface area contributed by atoms with E-state index in [0.29, 0.717) is 10.0 Å². The first-order valence-electron chi connectivity index (χ1n) is 6.92. The summed E-state index contributed by atoms with van der Waals surface area (Å²) in [6.07, 6.45) is 0. The predicted octanol–water partition coefficient (Wildman–Crippen LogP) is 4.98. The number of halogens is 3. The lowest BCUT2D eigenvalue weighted by molar-refractivity contribution is 0.587. The first-order valence-corrected chi connectivity index (χ1v) is 8.49. The topological polar surface area (TPSA) is 15.3 Å². The van der Waals surface area contributed by atoms with Gasteiger partial charge in [-0.25, -0.2) is 0 Å². The quantitative estimate of drug-likeness (QED) is 0.815. The van der Waals surface area contributed by atoms with Crippen molar-refractivity contribution in [1.82, 2.24) is 5.32 Å². The molecule has 2 aromatic carbocycles. The fourth-order valence-electron chi connectivity index (χ4n) is 2.39. The first kappa shape index (κ1) is 17.8. The largest absolute Gasteiger partial charge is 0.368 e. The highest BCUT2D eigenvalue weighted by molar-refractivity contribution is 7.99.